The lowest BCUT2D eigenvalue weighted by atomic mass is 9.99. The Hall–Kier alpha value is -1.39. The van der Waals surface area contributed by atoms with E-state index in [1.165, 1.54) is 10.9 Å². The van der Waals surface area contributed by atoms with Crippen molar-refractivity contribution in [2.45, 2.75) is 13.3 Å². The number of nitrogens with two attached hydrogens (primary N) is 1. The van der Waals surface area contributed by atoms with Gasteiger partial charge in [-0.1, -0.05) is 36.4 Å². The van der Waals surface area contributed by atoms with E-state index in [9.17, 15) is 8.42 Å². The Morgan fingerprint density at radius 2 is 1.71 bits per heavy atom. The molecular formula is C13H15NO2S. The van der Waals surface area contributed by atoms with Gasteiger partial charge in [0.25, 0.3) is 0 Å². The zero-order valence-corrected chi connectivity index (χ0v) is 10.5. The zero-order valence-electron chi connectivity index (χ0n) is 9.68. The normalized spacial score (nSPS) is 11.9. The molecule has 0 spiro atoms. The van der Waals surface area contributed by atoms with Crippen LogP contribution in [0.4, 0.5) is 0 Å². The first-order valence-corrected chi connectivity index (χ1v) is 7.16. The van der Waals surface area contributed by atoms with Crippen LogP contribution < -0.4 is 5.14 Å². The highest BCUT2D eigenvalue weighted by molar-refractivity contribution is 7.89. The third-order valence-electron chi connectivity index (χ3n) is 2.89. The molecule has 0 aliphatic carbocycles. The first-order valence-electron chi connectivity index (χ1n) is 5.45. The van der Waals surface area contributed by atoms with Crippen LogP contribution in [0.3, 0.4) is 0 Å². The number of primary sulfonamides is 1. The summed E-state index contributed by atoms with van der Waals surface area (Å²) in [4.78, 5) is 0. The molecule has 2 rings (SSSR count). The maximum absolute atomic E-state index is 11.0. The SMILES string of the molecule is Cc1ccc(CCS(N)(=O)=O)c2ccccc12. The molecular weight excluding hydrogens is 234 g/mol. The van der Waals surface area contributed by atoms with Gasteiger partial charge in [-0.15, -0.1) is 0 Å². The highest BCUT2D eigenvalue weighted by atomic mass is 32.2. The van der Waals surface area contributed by atoms with Gasteiger partial charge in [0.05, 0.1) is 5.75 Å². The third-order valence-corrected chi connectivity index (χ3v) is 3.66. The van der Waals surface area contributed by atoms with E-state index in [4.69, 9.17) is 5.14 Å². The number of rotatable bonds is 3. The van der Waals surface area contributed by atoms with Gasteiger partial charge >= 0.3 is 0 Å². The molecule has 0 amide bonds. The monoisotopic (exact) mass is 249 g/mol. The van der Waals surface area contributed by atoms with Crippen molar-refractivity contribution in [1.82, 2.24) is 0 Å². The topological polar surface area (TPSA) is 60.2 Å². The molecule has 0 fully saturated rings. The Bertz CT molecular complexity index is 648. The lowest BCUT2D eigenvalue weighted by Gasteiger charge is -2.08. The third kappa shape index (κ3) is 2.84. The molecule has 0 aliphatic heterocycles. The van der Waals surface area contributed by atoms with E-state index in [1.807, 2.05) is 43.3 Å². The molecule has 17 heavy (non-hydrogen) atoms. The van der Waals surface area contributed by atoms with Crippen LogP contribution in [0.25, 0.3) is 10.8 Å². The van der Waals surface area contributed by atoms with Crippen molar-refractivity contribution in [3.05, 3.63) is 47.5 Å². The summed E-state index contributed by atoms with van der Waals surface area (Å²) in [6, 6.07) is 12.0. The van der Waals surface area contributed by atoms with Gasteiger partial charge in [-0.3, -0.25) is 0 Å². The smallest absolute Gasteiger partial charge is 0.209 e. The van der Waals surface area contributed by atoms with Crippen molar-refractivity contribution >= 4 is 20.8 Å². The van der Waals surface area contributed by atoms with Crippen LogP contribution in [0, 0.1) is 6.92 Å². The van der Waals surface area contributed by atoms with Crippen molar-refractivity contribution in [3.8, 4) is 0 Å². The predicted molar refractivity (Wildman–Crippen MR) is 70.4 cm³/mol. The van der Waals surface area contributed by atoms with Crippen molar-refractivity contribution in [2.75, 3.05) is 5.75 Å². The number of sulfonamides is 1. The summed E-state index contributed by atoms with van der Waals surface area (Å²) < 4.78 is 22.0. The second-order valence-corrected chi connectivity index (χ2v) is 5.94. The lowest BCUT2D eigenvalue weighted by molar-refractivity contribution is 0.597. The van der Waals surface area contributed by atoms with Crippen LogP contribution in [-0.2, 0) is 16.4 Å². The second-order valence-electron chi connectivity index (χ2n) is 4.20. The number of hydrogen-bond donors (Lipinski definition) is 1. The molecule has 2 aromatic rings. The average Bonchev–Trinajstić information content (AvgIpc) is 2.27. The quantitative estimate of drug-likeness (QED) is 0.904. The molecule has 0 aliphatic rings. The largest absolute Gasteiger partial charge is 0.229 e. The van der Waals surface area contributed by atoms with Gasteiger partial charge in [-0.2, -0.15) is 0 Å². The van der Waals surface area contributed by atoms with E-state index in [1.54, 1.807) is 0 Å². The van der Waals surface area contributed by atoms with E-state index in [2.05, 4.69) is 0 Å². The van der Waals surface area contributed by atoms with Crippen LogP contribution in [0.1, 0.15) is 11.1 Å². The summed E-state index contributed by atoms with van der Waals surface area (Å²) in [7, 11) is -3.40. The number of benzene rings is 2. The van der Waals surface area contributed by atoms with Crippen LogP contribution in [0.5, 0.6) is 0 Å². The molecule has 0 atom stereocenters. The first-order chi connectivity index (χ1) is 7.97. The molecule has 0 radical (unpaired) electrons. The Balaban J connectivity index is 2.45. The average molecular weight is 249 g/mol. The second kappa shape index (κ2) is 4.47. The van der Waals surface area contributed by atoms with Crippen molar-refractivity contribution in [1.29, 1.82) is 0 Å². The summed E-state index contributed by atoms with van der Waals surface area (Å²) in [6.45, 7) is 2.05. The number of fused-ring (bicyclic) bond motifs is 1. The fourth-order valence-corrected chi connectivity index (χ4v) is 2.49. The maximum Gasteiger partial charge on any atom is 0.209 e. The summed E-state index contributed by atoms with van der Waals surface area (Å²) in [6.07, 6.45) is 0.458. The van der Waals surface area contributed by atoms with Crippen LogP contribution in [-0.4, -0.2) is 14.2 Å². The molecule has 0 saturated heterocycles. The molecule has 3 nitrogen and oxygen atoms in total. The highest BCUT2D eigenvalue weighted by Gasteiger charge is 2.07. The number of aryl methyl sites for hydroxylation is 2. The Morgan fingerprint density at radius 3 is 2.35 bits per heavy atom. The predicted octanol–water partition coefficient (Wildman–Crippen LogP) is 1.98. The van der Waals surface area contributed by atoms with Crippen molar-refractivity contribution < 1.29 is 8.42 Å². The minimum atomic E-state index is -3.40. The van der Waals surface area contributed by atoms with Crippen LogP contribution in [0.2, 0.25) is 0 Å². The van der Waals surface area contributed by atoms with Gasteiger partial charge in [0.15, 0.2) is 0 Å². The van der Waals surface area contributed by atoms with E-state index >= 15 is 0 Å². The van der Waals surface area contributed by atoms with E-state index in [-0.39, 0.29) is 5.75 Å². The maximum atomic E-state index is 11.0. The Kier molecular flexibility index (Phi) is 3.17. The number of hydrogen-bond acceptors (Lipinski definition) is 2. The van der Waals surface area contributed by atoms with Gasteiger partial charge < -0.3 is 0 Å². The van der Waals surface area contributed by atoms with Crippen molar-refractivity contribution in [2.24, 2.45) is 5.14 Å². The molecule has 0 saturated carbocycles. The summed E-state index contributed by atoms with van der Waals surface area (Å²) in [5.74, 6) is -0.0138. The van der Waals surface area contributed by atoms with Gasteiger partial charge in [0.2, 0.25) is 10.0 Å². The molecule has 0 aromatic heterocycles. The van der Waals surface area contributed by atoms with Crippen LogP contribution in [0.15, 0.2) is 36.4 Å². The molecule has 0 bridgehead atoms. The van der Waals surface area contributed by atoms with Gasteiger partial charge in [-0.05, 0) is 35.2 Å². The Morgan fingerprint density at radius 1 is 1.06 bits per heavy atom. The van der Waals surface area contributed by atoms with E-state index in [0.717, 1.165) is 10.9 Å². The molecule has 2 N–H and O–H groups in total. The summed E-state index contributed by atoms with van der Waals surface area (Å²) >= 11 is 0. The Labute approximate surface area is 101 Å². The minimum absolute atomic E-state index is 0.0138. The fraction of sp³-hybridized carbons (Fsp3) is 0.231. The molecule has 4 heteroatoms. The van der Waals surface area contributed by atoms with E-state index in [0.29, 0.717) is 6.42 Å². The molecule has 0 heterocycles. The molecule has 0 unspecified atom stereocenters. The lowest BCUT2D eigenvalue weighted by Crippen LogP contribution is -2.18. The van der Waals surface area contributed by atoms with Gasteiger partial charge in [-0.25, -0.2) is 13.6 Å². The molecule has 2 aromatic carbocycles. The van der Waals surface area contributed by atoms with Crippen molar-refractivity contribution in [3.63, 3.8) is 0 Å². The summed E-state index contributed by atoms with van der Waals surface area (Å²) in [5, 5.41) is 7.30. The van der Waals surface area contributed by atoms with Crippen LogP contribution >= 0.6 is 0 Å². The molecule has 90 valence electrons. The fourth-order valence-electron chi connectivity index (χ4n) is 1.98. The van der Waals surface area contributed by atoms with Gasteiger partial charge in [0.1, 0.15) is 0 Å². The zero-order chi connectivity index (χ0) is 12.5. The van der Waals surface area contributed by atoms with E-state index < -0.39 is 10.0 Å². The van der Waals surface area contributed by atoms with Gasteiger partial charge in [0, 0.05) is 0 Å². The highest BCUT2D eigenvalue weighted by Crippen LogP contribution is 2.22. The minimum Gasteiger partial charge on any atom is -0.229 e. The standard InChI is InChI=1S/C13H15NO2S/c1-10-6-7-11(8-9-17(14,15)16)13-5-3-2-4-12(10)13/h2-7H,8-9H2,1H3,(H2,14,15,16). The first kappa shape index (κ1) is 12.1. The summed E-state index contributed by atoms with van der Waals surface area (Å²) in [5.41, 5.74) is 2.22.